The summed E-state index contributed by atoms with van der Waals surface area (Å²) in [4.78, 5) is 25.4. The van der Waals surface area contributed by atoms with E-state index < -0.39 is 0 Å². The summed E-state index contributed by atoms with van der Waals surface area (Å²) in [6.45, 7) is 4.74. The van der Waals surface area contributed by atoms with Gasteiger partial charge in [0.25, 0.3) is 5.91 Å². The van der Waals surface area contributed by atoms with Gasteiger partial charge in [0.1, 0.15) is 5.75 Å². The molecule has 0 unspecified atom stereocenters. The van der Waals surface area contributed by atoms with E-state index in [9.17, 15) is 9.59 Å². The molecular formula is C15H19NO3. The molecular weight excluding hydrogens is 242 g/mol. The molecule has 2 rings (SSSR count). The van der Waals surface area contributed by atoms with Gasteiger partial charge in [0.2, 0.25) is 0 Å². The average Bonchev–Trinajstić information content (AvgIpc) is 2.37. The number of ether oxygens (including phenoxy) is 1. The fourth-order valence-electron chi connectivity index (χ4n) is 2.59. The van der Waals surface area contributed by atoms with Crippen molar-refractivity contribution in [1.82, 2.24) is 4.90 Å². The number of likely N-dealkylation sites (tertiary alicyclic amines) is 1. The molecule has 1 fully saturated rings. The van der Waals surface area contributed by atoms with Crippen LogP contribution in [0.1, 0.15) is 34.3 Å². The van der Waals surface area contributed by atoms with Crippen LogP contribution in [0.2, 0.25) is 0 Å². The summed E-state index contributed by atoms with van der Waals surface area (Å²) in [7, 11) is 1.63. The number of Topliss-reactive ketones (excluding diaryl/α,β-unsaturated/α-hetero) is 1. The molecule has 0 aromatic heterocycles. The first-order valence-electron chi connectivity index (χ1n) is 6.49. The van der Waals surface area contributed by atoms with Crippen LogP contribution in [0.15, 0.2) is 12.1 Å². The molecule has 1 amide bonds. The van der Waals surface area contributed by atoms with Crippen molar-refractivity contribution in [2.24, 2.45) is 0 Å². The number of hydrogen-bond acceptors (Lipinski definition) is 3. The minimum absolute atomic E-state index is 0.0677. The summed E-state index contributed by atoms with van der Waals surface area (Å²) < 4.78 is 5.29. The lowest BCUT2D eigenvalue weighted by Crippen LogP contribution is -2.40. The van der Waals surface area contributed by atoms with Gasteiger partial charge in [-0.1, -0.05) is 0 Å². The molecule has 0 radical (unpaired) electrons. The second-order valence-corrected chi connectivity index (χ2v) is 5.01. The Labute approximate surface area is 113 Å². The number of ketones is 1. The first-order chi connectivity index (χ1) is 9.02. The van der Waals surface area contributed by atoms with Gasteiger partial charge in [-0.3, -0.25) is 9.59 Å². The number of nitrogens with zero attached hydrogens (tertiary/aromatic N) is 1. The van der Waals surface area contributed by atoms with Gasteiger partial charge in [-0.05, 0) is 43.5 Å². The van der Waals surface area contributed by atoms with Crippen LogP contribution in [-0.4, -0.2) is 36.8 Å². The van der Waals surface area contributed by atoms with E-state index in [-0.39, 0.29) is 18.2 Å². The predicted octanol–water partition coefficient (Wildman–Crippen LogP) is 2.12. The van der Waals surface area contributed by atoms with Crippen molar-refractivity contribution in [3.05, 3.63) is 28.8 Å². The number of carbonyl (C=O) groups is 2. The predicted molar refractivity (Wildman–Crippen MR) is 72.6 cm³/mol. The number of carbonyl (C=O) groups excluding carboxylic acids is 2. The van der Waals surface area contributed by atoms with E-state index in [1.165, 1.54) is 0 Å². The Morgan fingerprint density at radius 1 is 1.26 bits per heavy atom. The highest BCUT2D eigenvalue weighted by Crippen LogP contribution is 2.25. The second kappa shape index (κ2) is 5.43. The Bertz CT molecular complexity index is 499. The number of piperidine rings is 1. The molecule has 102 valence electrons. The molecule has 4 heteroatoms. The van der Waals surface area contributed by atoms with E-state index in [1.54, 1.807) is 12.0 Å². The molecule has 1 saturated heterocycles. The fraction of sp³-hybridized carbons (Fsp3) is 0.467. The van der Waals surface area contributed by atoms with E-state index >= 15 is 0 Å². The number of benzene rings is 1. The SMILES string of the molecule is COc1c(C)cc(C(=O)N2CCCC(=O)C2)cc1C. The average molecular weight is 261 g/mol. The van der Waals surface area contributed by atoms with Gasteiger partial charge >= 0.3 is 0 Å². The Morgan fingerprint density at radius 2 is 1.89 bits per heavy atom. The summed E-state index contributed by atoms with van der Waals surface area (Å²) in [5.41, 5.74) is 2.51. The number of aryl methyl sites for hydroxylation is 2. The monoisotopic (exact) mass is 261 g/mol. The highest BCUT2D eigenvalue weighted by molar-refractivity contribution is 5.97. The number of methoxy groups -OCH3 is 1. The smallest absolute Gasteiger partial charge is 0.254 e. The largest absolute Gasteiger partial charge is 0.496 e. The minimum atomic E-state index is -0.0677. The lowest BCUT2D eigenvalue weighted by Gasteiger charge is -2.26. The fourth-order valence-corrected chi connectivity index (χ4v) is 2.59. The maximum atomic E-state index is 12.4. The molecule has 0 saturated carbocycles. The zero-order valence-corrected chi connectivity index (χ0v) is 11.7. The van der Waals surface area contributed by atoms with Gasteiger partial charge < -0.3 is 9.64 Å². The molecule has 0 N–H and O–H groups in total. The van der Waals surface area contributed by atoms with Crippen molar-refractivity contribution in [3.8, 4) is 5.75 Å². The Kier molecular flexibility index (Phi) is 3.88. The van der Waals surface area contributed by atoms with Crippen LogP contribution in [-0.2, 0) is 4.79 Å². The van der Waals surface area contributed by atoms with Crippen LogP contribution in [0.25, 0.3) is 0 Å². The van der Waals surface area contributed by atoms with Gasteiger partial charge in [-0.2, -0.15) is 0 Å². The standard InChI is InChI=1S/C15H19NO3/c1-10-7-12(8-11(2)14(10)19-3)15(18)16-6-4-5-13(17)9-16/h7-8H,4-6,9H2,1-3H3. The second-order valence-electron chi connectivity index (χ2n) is 5.01. The van der Waals surface area contributed by atoms with Crippen molar-refractivity contribution in [2.45, 2.75) is 26.7 Å². The van der Waals surface area contributed by atoms with E-state index in [2.05, 4.69) is 0 Å². The van der Waals surface area contributed by atoms with Crippen molar-refractivity contribution in [1.29, 1.82) is 0 Å². The summed E-state index contributed by atoms with van der Waals surface area (Å²) in [5.74, 6) is 0.884. The van der Waals surface area contributed by atoms with Gasteiger partial charge in [0.15, 0.2) is 5.78 Å². The van der Waals surface area contributed by atoms with Crippen LogP contribution >= 0.6 is 0 Å². The Morgan fingerprint density at radius 3 is 2.42 bits per heavy atom. The van der Waals surface area contributed by atoms with Crippen molar-refractivity contribution >= 4 is 11.7 Å². The van der Waals surface area contributed by atoms with Crippen LogP contribution in [0, 0.1) is 13.8 Å². The molecule has 1 heterocycles. The van der Waals surface area contributed by atoms with Crippen molar-refractivity contribution in [3.63, 3.8) is 0 Å². The molecule has 0 aliphatic carbocycles. The Balaban J connectivity index is 2.26. The highest BCUT2D eigenvalue weighted by Gasteiger charge is 2.23. The first kappa shape index (κ1) is 13.6. The third kappa shape index (κ3) is 2.78. The van der Waals surface area contributed by atoms with Gasteiger partial charge in [0.05, 0.1) is 13.7 Å². The minimum Gasteiger partial charge on any atom is -0.496 e. The normalized spacial score (nSPS) is 15.5. The van der Waals surface area contributed by atoms with Crippen LogP contribution < -0.4 is 4.74 Å². The molecule has 4 nitrogen and oxygen atoms in total. The summed E-state index contributed by atoms with van der Waals surface area (Å²) in [6.07, 6.45) is 1.35. The van der Waals surface area contributed by atoms with Crippen molar-refractivity contribution < 1.29 is 14.3 Å². The van der Waals surface area contributed by atoms with E-state index in [0.717, 1.165) is 23.3 Å². The molecule has 1 aliphatic heterocycles. The van der Waals surface area contributed by atoms with Crippen molar-refractivity contribution in [2.75, 3.05) is 20.2 Å². The quantitative estimate of drug-likeness (QED) is 0.819. The van der Waals surface area contributed by atoms with Crippen LogP contribution in [0.4, 0.5) is 0 Å². The summed E-state index contributed by atoms with van der Waals surface area (Å²) in [6, 6.07) is 3.65. The van der Waals surface area contributed by atoms with E-state index in [4.69, 9.17) is 4.74 Å². The summed E-state index contributed by atoms with van der Waals surface area (Å²) >= 11 is 0. The zero-order chi connectivity index (χ0) is 14.0. The number of hydrogen-bond donors (Lipinski definition) is 0. The topological polar surface area (TPSA) is 46.6 Å². The van der Waals surface area contributed by atoms with E-state index in [0.29, 0.717) is 18.5 Å². The maximum Gasteiger partial charge on any atom is 0.254 e. The molecule has 1 aromatic rings. The molecule has 1 aromatic carbocycles. The third-order valence-electron chi connectivity index (χ3n) is 3.45. The molecule has 1 aliphatic rings. The van der Waals surface area contributed by atoms with Gasteiger partial charge in [-0.15, -0.1) is 0 Å². The highest BCUT2D eigenvalue weighted by atomic mass is 16.5. The lowest BCUT2D eigenvalue weighted by molar-refractivity contribution is -0.121. The third-order valence-corrected chi connectivity index (χ3v) is 3.45. The van der Waals surface area contributed by atoms with E-state index in [1.807, 2.05) is 26.0 Å². The van der Waals surface area contributed by atoms with Crippen LogP contribution in [0.3, 0.4) is 0 Å². The first-order valence-corrected chi connectivity index (χ1v) is 6.49. The number of amides is 1. The van der Waals surface area contributed by atoms with Crippen LogP contribution in [0.5, 0.6) is 5.75 Å². The lowest BCUT2D eigenvalue weighted by atomic mass is 10.0. The summed E-state index contributed by atoms with van der Waals surface area (Å²) in [5, 5.41) is 0. The zero-order valence-electron chi connectivity index (χ0n) is 11.7. The molecule has 0 bridgehead atoms. The maximum absolute atomic E-state index is 12.4. The molecule has 0 spiro atoms. The van der Waals surface area contributed by atoms with Gasteiger partial charge in [-0.25, -0.2) is 0 Å². The molecule has 0 atom stereocenters. The number of rotatable bonds is 2. The molecule has 19 heavy (non-hydrogen) atoms. The van der Waals surface area contributed by atoms with Gasteiger partial charge in [0, 0.05) is 18.5 Å². The Hall–Kier alpha value is -1.84.